The Morgan fingerprint density at radius 1 is 1.39 bits per heavy atom. The quantitative estimate of drug-likeness (QED) is 0.543. The molecule has 0 bridgehead atoms. The fourth-order valence-electron chi connectivity index (χ4n) is 1.38. The van der Waals surface area contributed by atoms with Gasteiger partial charge in [0, 0.05) is 7.14 Å². The second-order valence-electron chi connectivity index (χ2n) is 5.08. The minimum Gasteiger partial charge on any atom is -0.459 e. The van der Waals surface area contributed by atoms with Crippen molar-refractivity contribution in [1.82, 2.24) is 0 Å². The lowest BCUT2D eigenvalue weighted by Crippen LogP contribution is -2.39. The summed E-state index contributed by atoms with van der Waals surface area (Å²) in [6.45, 7) is 5.52. The number of halogens is 2. The van der Waals surface area contributed by atoms with Crippen LogP contribution in [0.1, 0.15) is 26.3 Å². The second-order valence-corrected chi connectivity index (χ2v) is 7.49. The first-order chi connectivity index (χ1) is 8.19. The van der Waals surface area contributed by atoms with Crippen molar-refractivity contribution in [3.63, 3.8) is 0 Å². The van der Waals surface area contributed by atoms with Crippen LogP contribution in [-0.4, -0.2) is 17.6 Å². The topological polar surface area (TPSA) is 52.3 Å². The Labute approximate surface area is 135 Å². The summed E-state index contributed by atoms with van der Waals surface area (Å²) in [6, 6.07) is 5.48. The van der Waals surface area contributed by atoms with E-state index in [1.807, 2.05) is 32.9 Å². The molecule has 0 aliphatic carbocycles. The number of nitrogens with two attached hydrogens (primary N) is 1. The molecule has 1 rings (SSSR count). The smallest absolute Gasteiger partial charge is 0.323 e. The Morgan fingerprint density at radius 3 is 2.50 bits per heavy atom. The zero-order valence-corrected chi connectivity index (χ0v) is 15.0. The van der Waals surface area contributed by atoms with Crippen molar-refractivity contribution >= 4 is 51.2 Å². The van der Waals surface area contributed by atoms with Crippen molar-refractivity contribution in [2.75, 3.05) is 0 Å². The maximum Gasteiger partial charge on any atom is 0.323 e. The number of carbonyl (C=O) groups is 1. The van der Waals surface area contributed by atoms with Crippen molar-refractivity contribution in [3.8, 4) is 0 Å². The number of hydrogen-bond donors (Lipinski definition) is 1. The lowest BCUT2D eigenvalue weighted by molar-refractivity contribution is -0.156. The molecule has 0 aromatic heterocycles. The monoisotopic (exact) mass is 473 g/mol. The van der Waals surface area contributed by atoms with Gasteiger partial charge in [0.2, 0.25) is 0 Å². The Morgan fingerprint density at radius 2 is 2.00 bits per heavy atom. The number of ether oxygens (including phenoxy) is 1. The SMILES string of the molecule is CC(C)(C)OC(=O)[C@@H](N)Cc1ccc(I)cc1I. The maximum absolute atomic E-state index is 11.8. The van der Waals surface area contributed by atoms with Gasteiger partial charge in [-0.15, -0.1) is 0 Å². The van der Waals surface area contributed by atoms with Crippen molar-refractivity contribution in [1.29, 1.82) is 0 Å². The van der Waals surface area contributed by atoms with E-state index in [1.54, 1.807) is 0 Å². The van der Waals surface area contributed by atoms with Crippen molar-refractivity contribution in [2.45, 2.75) is 38.8 Å². The van der Waals surface area contributed by atoms with E-state index in [0.717, 1.165) is 9.13 Å². The molecule has 0 radical (unpaired) electrons. The molecule has 0 aliphatic rings. The molecular weight excluding hydrogens is 456 g/mol. The summed E-state index contributed by atoms with van der Waals surface area (Å²) in [5.41, 5.74) is 6.47. The Bertz CT molecular complexity index is 441. The molecule has 1 aromatic carbocycles. The second kappa shape index (κ2) is 6.51. The fourth-order valence-corrected chi connectivity index (χ4v) is 3.21. The highest BCUT2D eigenvalue weighted by atomic mass is 127. The molecule has 1 atom stereocenters. The van der Waals surface area contributed by atoms with Crippen LogP contribution < -0.4 is 5.73 Å². The van der Waals surface area contributed by atoms with Gasteiger partial charge in [-0.2, -0.15) is 0 Å². The van der Waals surface area contributed by atoms with Crippen LogP contribution in [0.15, 0.2) is 18.2 Å². The van der Waals surface area contributed by atoms with Crippen molar-refractivity contribution in [3.05, 3.63) is 30.9 Å². The van der Waals surface area contributed by atoms with E-state index >= 15 is 0 Å². The molecule has 0 unspecified atom stereocenters. The Balaban J connectivity index is 2.69. The Kier molecular flexibility index (Phi) is 5.85. The number of carbonyl (C=O) groups excluding carboxylic acids is 1. The summed E-state index contributed by atoms with van der Waals surface area (Å²) < 4.78 is 7.56. The molecule has 1 aromatic rings. The highest BCUT2D eigenvalue weighted by molar-refractivity contribution is 14.1. The molecule has 0 spiro atoms. The van der Waals surface area contributed by atoms with Crippen LogP contribution >= 0.6 is 45.2 Å². The van der Waals surface area contributed by atoms with Gasteiger partial charge in [0.15, 0.2) is 0 Å². The first-order valence-corrected chi connectivity index (χ1v) is 7.77. The zero-order valence-electron chi connectivity index (χ0n) is 10.7. The van der Waals surface area contributed by atoms with Crippen molar-refractivity contribution < 1.29 is 9.53 Å². The van der Waals surface area contributed by atoms with Crippen LogP contribution in [0, 0.1) is 7.14 Å². The minimum absolute atomic E-state index is 0.350. The molecule has 5 heteroatoms. The first kappa shape index (κ1) is 16.2. The molecular formula is C13H17I2NO2. The first-order valence-electron chi connectivity index (χ1n) is 5.61. The zero-order chi connectivity index (χ0) is 13.9. The standard InChI is InChI=1S/C13H17I2NO2/c1-13(2,3)18-12(17)11(16)6-8-4-5-9(14)7-10(8)15/h4-5,7,11H,6,16H2,1-3H3/t11-/m0/s1. The van der Waals surface area contributed by atoms with Crippen LogP contribution in [0.5, 0.6) is 0 Å². The largest absolute Gasteiger partial charge is 0.459 e. The van der Waals surface area contributed by atoms with E-state index in [9.17, 15) is 4.79 Å². The van der Waals surface area contributed by atoms with Gasteiger partial charge < -0.3 is 10.5 Å². The predicted octanol–water partition coefficient (Wildman–Crippen LogP) is 3.11. The lowest BCUT2D eigenvalue weighted by atomic mass is 10.1. The van der Waals surface area contributed by atoms with E-state index in [2.05, 4.69) is 51.2 Å². The van der Waals surface area contributed by atoms with Crippen molar-refractivity contribution in [2.24, 2.45) is 5.73 Å². The van der Waals surface area contributed by atoms with Crippen LogP contribution in [-0.2, 0) is 16.0 Å². The summed E-state index contributed by atoms with van der Waals surface area (Å²) in [4.78, 5) is 11.8. The average molecular weight is 473 g/mol. The number of hydrogen-bond acceptors (Lipinski definition) is 3. The number of benzene rings is 1. The van der Waals surface area contributed by atoms with Crippen LogP contribution in [0.2, 0.25) is 0 Å². The number of esters is 1. The normalized spacial score (nSPS) is 13.2. The third-order valence-electron chi connectivity index (χ3n) is 2.16. The Hall–Kier alpha value is 0.110. The third kappa shape index (κ3) is 5.40. The van der Waals surface area contributed by atoms with Gasteiger partial charge in [-0.05, 0) is 90.1 Å². The fraction of sp³-hybridized carbons (Fsp3) is 0.462. The lowest BCUT2D eigenvalue weighted by Gasteiger charge is -2.22. The van der Waals surface area contributed by atoms with Gasteiger partial charge in [-0.3, -0.25) is 4.79 Å². The summed E-state index contributed by atoms with van der Waals surface area (Å²) in [7, 11) is 0. The van der Waals surface area contributed by atoms with E-state index in [0.29, 0.717) is 6.42 Å². The molecule has 2 N–H and O–H groups in total. The van der Waals surface area contributed by atoms with Gasteiger partial charge in [0.1, 0.15) is 11.6 Å². The molecule has 0 fully saturated rings. The van der Waals surface area contributed by atoms with E-state index in [1.165, 1.54) is 3.57 Å². The van der Waals surface area contributed by atoms with Gasteiger partial charge in [-0.1, -0.05) is 6.07 Å². The van der Waals surface area contributed by atoms with Crippen LogP contribution in [0.25, 0.3) is 0 Å². The molecule has 18 heavy (non-hydrogen) atoms. The summed E-state index contributed by atoms with van der Waals surface area (Å²) in [5.74, 6) is -0.350. The van der Waals surface area contributed by atoms with E-state index in [-0.39, 0.29) is 5.97 Å². The highest BCUT2D eigenvalue weighted by Gasteiger charge is 2.22. The molecule has 3 nitrogen and oxygen atoms in total. The minimum atomic E-state index is -0.613. The molecule has 100 valence electrons. The third-order valence-corrected chi connectivity index (χ3v) is 3.84. The summed E-state index contributed by atoms with van der Waals surface area (Å²) in [5, 5.41) is 0. The van der Waals surface area contributed by atoms with Gasteiger partial charge in [0.05, 0.1) is 0 Å². The van der Waals surface area contributed by atoms with E-state index < -0.39 is 11.6 Å². The summed E-state index contributed by atoms with van der Waals surface area (Å²) in [6.07, 6.45) is 0.504. The maximum atomic E-state index is 11.8. The van der Waals surface area contributed by atoms with Crippen LogP contribution in [0.3, 0.4) is 0 Å². The summed E-state index contributed by atoms with van der Waals surface area (Å²) >= 11 is 4.52. The molecule has 0 saturated carbocycles. The van der Waals surface area contributed by atoms with E-state index in [4.69, 9.17) is 10.5 Å². The number of rotatable bonds is 3. The molecule has 0 saturated heterocycles. The molecule has 0 heterocycles. The average Bonchev–Trinajstić information content (AvgIpc) is 2.19. The van der Waals surface area contributed by atoms with Gasteiger partial charge in [-0.25, -0.2) is 0 Å². The molecule has 0 aliphatic heterocycles. The highest BCUT2D eigenvalue weighted by Crippen LogP contribution is 2.18. The molecule has 0 amide bonds. The van der Waals surface area contributed by atoms with Gasteiger partial charge in [0.25, 0.3) is 0 Å². The van der Waals surface area contributed by atoms with Gasteiger partial charge >= 0.3 is 5.97 Å². The predicted molar refractivity (Wildman–Crippen MR) is 89.4 cm³/mol. The van der Waals surface area contributed by atoms with Crippen LogP contribution in [0.4, 0.5) is 0 Å².